The summed E-state index contributed by atoms with van der Waals surface area (Å²) in [7, 11) is 0. The van der Waals surface area contributed by atoms with Gasteiger partial charge in [-0.2, -0.15) is 0 Å². The van der Waals surface area contributed by atoms with E-state index >= 15 is 0 Å². The van der Waals surface area contributed by atoms with Gasteiger partial charge in [-0.25, -0.2) is 4.79 Å². The van der Waals surface area contributed by atoms with Crippen LogP contribution < -0.4 is 16.6 Å². The van der Waals surface area contributed by atoms with Crippen LogP contribution in [-0.2, 0) is 17.9 Å². The minimum absolute atomic E-state index is 0.152. The molecule has 6 nitrogen and oxygen atoms in total. The molecular formula is C23H27N3O3. The van der Waals surface area contributed by atoms with Crippen LogP contribution >= 0.6 is 0 Å². The lowest BCUT2D eigenvalue weighted by Crippen LogP contribution is -2.41. The van der Waals surface area contributed by atoms with Gasteiger partial charge in [0.1, 0.15) is 6.54 Å². The van der Waals surface area contributed by atoms with Gasteiger partial charge in [-0.3, -0.25) is 18.7 Å². The Hall–Kier alpha value is -3.15. The molecule has 0 unspecified atom stereocenters. The van der Waals surface area contributed by atoms with Crippen molar-refractivity contribution < 1.29 is 4.79 Å². The molecule has 0 fully saturated rings. The normalized spacial score (nSPS) is 11.0. The average molecular weight is 393 g/mol. The molecule has 0 bridgehead atoms. The molecule has 0 aliphatic carbocycles. The zero-order valence-corrected chi connectivity index (χ0v) is 17.2. The van der Waals surface area contributed by atoms with Crippen LogP contribution in [0.25, 0.3) is 10.9 Å². The second-order valence-corrected chi connectivity index (χ2v) is 7.35. The van der Waals surface area contributed by atoms with Crippen molar-refractivity contribution in [2.75, 3.05) is 5.32 Å². The van der Waals surface area contributed by atoms with Gasteiger partial charge in [-0.1, -0.05) is 44.0 Å². The first-order chi connectivity index (χ1) is 13.9. The van der Waals surface area contributed by atoms with Crippen LogP contribution in [0.1, 0.15) is 37.3 Å². The van der Waals surface area contributed by atoms with E-state index in [9.17, 15) is 14.4 Å². The highest BCUT2D eigenvalue weighted by atomic mass is 16.2. The quantitative estimate of drug-likeness (QED) is 0.623. The number of nitrogens with zero attached hydrogens (tertiary/aromatic N) is 2. The Morgan fingerprint density at radius 2 is 1.72 bits per heavy atom. The lowest BCUT2D eigenvalue weighted by molar-refractivity contribution is -0.116. The number of benzene rings is 2. The number of aryl methyl sites for hydroxylation is 1. The Bertz CT molecular complexity index is 1160. The highest BCUT2D eigenvalue weighted by molar-refractivity contribution is 5.92. The average Bonchev–Trinajstić information content (AvgIpc) is 2.71. The first kappa shape index (κ1) is 20.6. The standard InChI is InChI=1S/C23H27N3O3/c1-4-5-8-14-25-22(28)18-11-6-7-13-20(18)26(23(25)29)15-21(27)24-19-12-9-10-16(2)17(19)3/h6-7,9-13H,4-5,8,14-15H2,1-3H3,(H,24,27). The van der Waals surface area contributed by atoms with E-state index < -0.39 is 5.69 Å². The molecule has 3 rings (SSSR count). The summed E-state index contributed by atoms with van der Waals surface area (Å²) in [5, 5.41) is 3.34. The van der Waals surface area contributed by atoms with E-state index in [1.54, 1.807) is 24.3 Å². The lowest BCUT2D eigenvalue weighted by Gasteiger charge is -2.15. The number of para-hydroxylation sites is 1. The van der Waals surface area contributed by atoms with Gasteiger partial charge in [0, 0.05) is 12.2 Å². The molecule has 3 aromatic rings. The fourth-order valence-corrected chi connectivity index (χ4v) is 3.46. The molecule has 0 saturated carbocycles. The number of fused-ring (bicyclic) bond motifs is 1. The second kappa shape index (κ2) is 8.90. The molecule has 0 aliphatic rings. The SMILES string of the molecule is CCCCCn1c(=O)c2ccccc2n(CC(=O)Nc2cccc(C)c2C)c1=O. The monoisotopic (exact) mass is 393 g/mol. The second-order valence-electron chi connectivity index (χ2n) is 7.35. The van der Waals surface area contributed by atoms with Crippen LogP contribution in [0.4, 0.5) is 5.69 Å². The lowest BCUT2D eigenvalue weighted by atomic mass is 10.1. The van der Waals surface area contributed by atoms with Gasteiger partial charge in [-0.05, 0) is 49.6 Å². The Labute approximate surface area is 169 Å². The molecule has 1 N–H and O–H groups in total. The molecule has 0 aliphatic heterocycles. The zero-order chi connectivity index (χ0) is 21.0. The summed E-state index contributed by atoms with van der Waals surface area (Å²) in [5.74, 6) is -0.301. The van der Waals surface area contributed by atoms with Gasteiger partial charge in [0.05, 0.1) is 10.9 Å². The molecule has 1 aromatic heterocycles. The summed E-state index contributed by atoms with van der Waals surface area (Å²) in [5.41, 5.74) is 2.53. The number of hydrogen-bond donors (Lipinski definition) is 1. The zero-order valence-electron chi connectivity index (χ0n) is 17.2. The third-order valence-electron chi connectivity index (χ3n) is 5.30. The van der Waals surface area contributed by atoms with Crippen LogP contribution in [0.3, 0.4) is 0 Å². The summed E-state index contributed by atoms with van der Waals surface area (Å²) >= 11 is 0. The summed E-state index contributed by atoms with van der Waals surface area (Å²) < 4.78 is 2.65. The minimum atomic E-state index is -0.444. The molecule has 0 atom stereocenters. The Kier molecular flexibility index (Phi) is 6.32. The summed E-state index contributed by atoms with van der Waals surface area (Å²) in [6, 6.07) is 12.6. The van der Waals surface area contributed by atoms with Gasteiger partial charge < -0.3 is 5.32 Å². The first-order valence-electron chi connectivity index (χ1n) is 10.0. The van der Waals surface area contributed by atoms with Crippen molar-refractivity contribution in [3.63, 3.8) is 0 Å². The summed E-state index contributed by atoms with van der Waals surface area (Å²) in [6.07, 6.45) is 2.68. The van der Waals surface area contributed by atoms with Crippen LogP contribution in [0.15, 0.2) is 52.1 Å². The van der Waals surface area contributed by atoms with Crippen LogP contribution in [-0.4, -0.2) is 15.0 Å². The molecule has 0 radical (unpaired) electrons. The number of amides is 1. The topological polar surface area (TPSA) is 73.1 Å². The maximum absolute atomic E-state index is 13.1. The van der Waals surface area contributed by atoms with Crippen molar-refractivity contribution >= 4 is 22.5 Å². The van der Waals surface area contributed by atoms with E-state index in [-0.39, 0.29) is 18.0 Å². The molecule has 2 aromatic carbocycles. The molecule has 1 amide bonds. The number of anilines is 1. The maximum Gasteiger partial charge on any atom is 0.331 e. The Balaban J connectivity index is 1.99. The third kappa shape index (κ3) is 4.31. The minimum Gasteiger partial charge on any atom is -0.324 e. The summed E-state index contributed by atoms with van der Waals surface area (Å²) in [6.45, 7) is 6.20. The number of unbranched alkanes of at least 4 members (excludes halogenated alkanes) is 2. The van der Waals surface area contributed by atoms with E-state index in [1.165, 1.54) is 9.13 Å². The smallest absolute Gasteiger partial charge is 0.324 e. The van der Waals surface area contributed by atoms with Crippen molar-refractivity contribution in [2.24, 2.45) is 0 Å². The Morgan fingerprint density at radius 1 is 0.966 bits per heavy atom. The predicted molar refractivity (Wildman–Crippen MR) is 117 cm³/mol. The Morgan fingerprint density at radius 3 is 2.48 bits per heavy atom. The first-order valence-corrected chi connectivity index (χ1v) is 10.0. The highest BCUT2D eigenvalue weighted by Crippen LogP contribution is 2.18. The number of nitrogens with one attached hydrogen (secondary N) is 1. The molecule has 0 spiro atoms. The van der Waals surface area contributed by atoms with Crippen LogP contribution in [0.5, 0.6) is 0 Å². The largest absolute Gasteiger partial charge is 0.331 e. The van der Waals surface area contributed by atoms with Crippen LogP contribution in [0, 0.1) is 13.8 Å². The highest BCUT2D eigenvalue weighted by Gasteiger charge is 2.15. The van der Waals surface area contributed by atoms with Gasteiger partial charge in [0.15, 0.2) is 0 Å². The fraction of sp³-hybridized carbons (Fsp3) is 0.348. The van der Waals surface area contributed by atoms with E-state index in [4.69, 9.17) is 0 Å². The van der Waals surface area contributed by atoms with Crippen molar-refractivity contribution in [3.05, 3.63) is 74.4 Å². The molecule has 0 saturated heterocycles. The van der Waals surface area contributed by atoms with E-state index in [0.29, 0.717) is 17.4 Å². The third-order valence-corrected chi connectivity index (χ3v) is 5.30. The van der Waals surface area contributed by atoms with Crippen molar-refractivity contribution in [3.8, 4) is 0 Å². The van der Waals surface area contributed by atoms with E-state index in [2.05, 4.69) is 12.2 Å². The maximum atomic E-state index is 13.1. The van der Waals surface area contributed by atoms with Gasteiger partial charge in [0.25, 0.3) is 5.56 Å². The fourth-order valence-electron chi connectivity index (χ4n) is 3.46. The van der Waals surface area contributed by atoms with Crippen LogP contribution in [0.2, 0.25) is 0 Å². The number of carbonyl (C=O) groups excluding carboxylic acids is 1. The van der Waals surface area contributed by atoms with E-state index in [0.717, 1.165) is 36.1 Å². The number of carbonyl (C=O) groups is 1. The molecule has 29 heavy (non-hydrogen) atoms. The number of aromatic nitrogens is 2. The molecule has 152 valence electrons. The number of rotatable bonds is 7. The van der Waals surface area contributed by atoms with Crippen molar-refractivity contribution in [1.29, 1.82) is 0 Å². The van der Waals surface area contributed by atoms with Gasteiger partial charge in [0.2, 0.25) is 5.91 Å². The summed E-state index contributed by atoms with van der Waals surface area (Å²) in [4.78, 5) is 38.6. The molecule has 1 heterocycles. The van der Waals surface area contributed by atoms with Gasteiger partial charge >= 0.3 is 5.69 Å². The molecular weight excluding hydrogens is 366 g/mol. The van der Waals surface area contributed by atoms with Crippen molar-refractivity contribution in [2.45, 2.75) is 53.1 Å². The van der Waals surface area contributed by atoms with Gasteiger partial charge in [-0.15, -0.1) is 0 Å². The van der Waals surface area contributed by atoms with E-state index in [1.807, 2.05) is 32.0 Å². The predicted octanol–water partition coefficient (Wildman–Crippen LogP) is 3.61. The number of hydrogen-bond acceptors (Lipinski definition) is 3. The molecule has 6 heteroatoms. The van der Waals surface area contributed by atoms with Crippen molar-refractivity contribution in [1.82, 2.24) is 9.13 Å².